The molecule has 0 aliphatic heterocycles. The summed E-state index contributed by atoms with van der Waals surface area (Å²) in [7, 11) is 0. The number of phenolic OH excluding ortho intramolecular Hbond substituents is 2. The first-order valence-electron chi connectivity index (χ1n) is 6.34. The lowest BCUT2D eigenvalue weighted by molar-refractivity contribution is 0.466. The van der Waals surface area contributed by atoms with Crippen LogP contribution in [0.15, 0.2) is 6.07 Å². The number of hydrogen-bond acceptors (Lipinski definition) is 2. The van der Waals surface area contributed by atoms with E-state index in [9.17, 15) is 10.2 Å². The molecule has 112 valence electrons. The predicted octanol–water partition coefficient (Wildman–Crippen LogP) is 5.96. The number of benzene rings is 2. The maximum Gasteiger partial charge on any atom is 0.129 e. The molecule has 2 N–H and O–H groups in total. The summed E-state index contributed by atoms with van der Waals surface area (Å²) in [5.41, 5.74) is 4.02. The maximum absolute atomic E-state index is 10.4. The van der Waals surface area contributed by atoms with Gasteiger partial charge in [0.05, 0.1) is 15.1 Å². The molecule has 0 aliphatic carbocycles. The Bertz CT molecular complexity index is 723. The van der Waals surface area contributed by atoms with Gasteiger partial charge in [-0.05, 0) is 50.5 Å². The predicted molar refractivity (Wildman–Crippen MR) is 89.2 cm³/mol. The molecular weight excluding hydrogens is 331 g/mol. The van der Waals surface area contributed by atoms with Gasteiger partial charge in [-0.15, -0.1) is 0 Å². The summed E-state index contributed by atoms with van der Waals surface area (Å²) in [4.78, 5) is 0. The Hall–Kier alpha value is -1.09. The van der Waals surface area contributed by atoms with Gasteiger partial charge in [0.15, 0.2) is 0 Å². The van der Waals surface area contributed by atoms with Crippen molar-refractivity contribution in [2.45, 2.75) is 27.7 Å². The van der Waals surface area contributed by atoms with Crippen LogP contribution in [-0.4, -0.2) is 10.2 Å². The molecule has 2 rings (SSSR count). The molecule has 2 nitrogen and oxygen atoms in total. The van der Waals surface area contributed by atoms with Gasteiger partial charge in [0, 0.05) is 16.7 Å². The SMILES string of the molecule is Cc1cc(O)c(-c2c(O)c(C)c(Cl)c(Cl)c2Cl)c(C)c1C. The van der Waals surface area contributed by atoms with Crippen LogP contribution in [-0.2, 0) is 0 Å². The van der Waals surface area contributed by atoms with Crippen molar-refractivity contribution in [2.24, 2.45) is 0 Å². The van der Waals surface area contributed by atoms with Gasteiger partial charge >= 0.3 is 0 Å². The van der Waals surface area contributed by atoms with Crippen LogP contribution < -0.4 is 0 Å². The fourth-order valence-electron chi connectivity index (χ4n) is 2.37. The number of rotatable bonds is 1. The van der Waals surface area contributed by atoms with Crippen molar-refractivity contribution in [3.05, 3.63) is 43.4 Å². The summed E-state index contributed by atoms with van der Waals surface area (Å²) in [5.74, 6) is -0.0263. The van der Waals surface area contributed by atoms with E-state index in [0.29, 0.717) is 16.7 Å². The zero-order chi connectivity index (χ0) is 16.1. The molecular formula is C16H15Cl3O2. The molecule has 0 unspecified atom stereocenters. The van der Waals surface area contributed by atoms with Crippen molar-refractivity contribution in [3.8, 4) is 22.6 Å². The Morgan fingerprint density at radius 1 is 0.714 bits per heavy atom. The summed E-state index contributed by atoms with van der Waals surface area (Å²) >= 11 is 18.4. The fraction of sp³-hybridized carbons (Fsp3) is 0.250. The molecule has 5 heteroatoms. The number of halogens is 3. The van der Waals surface area contributed by atoms with E-state index in [1.165, 1.54) is 0 Å². The molecule has 0 aromatic heterocycles. The molecule has 2 aromatic carbocycles. The number of phenols is 2. The molecule has 0 aliphatic rings. The highest BCUT2D eigenvalue weighted by Gasteiger charge is 2.24. The fourth-order valence-corrected chi connectivity index (χ4v) is 3.12. The van der Waals surface area contributed by atoms with E-state index in [0.717, 1.165) is 16.7 Å². The lowest BCUT2D eigenvalue weighted by Gasteiger charge is -2.18. The third-order valence-electron chi connectivity index (χ3n) is 3.91. The second-order valence-electron chi connectivity index (χ2n) is 5.13. The third-order valence-corrected chi connectivity index (χ3v) is 5.34. The highest BCUT2D eigenvalue weighted by molar-refractivity contribution is 6.49. The van der Waals surface area contributed by atoms with Crippen LogP contribution in [0.4, 0.5) is 0 Å². The van der Waals surface area contributed by atoms with Gasteiger partial charge in [-0.3, -0.25) is 0 Å². The smallest absolute Gasteiger partial charge is 0.129 e. The van der Waals surface area contributed by atoms with Gasteiger partial charge in [-0.1, -0.05) is 34.8 Å². The second kappa shape index (κ2) is 5.60. The van der Waals surface area contributed by atoms with E-state index in [4.69, 9.17) is 34.8 Å². The van der Waals surface area contributed by atoms with E-state index in [-0.39, 0.29) is 26.6 Å². The van der Waals surface area contributed by atoms with Crippen LogP contribution in [0.3, 0.4) is 0 Å². The van der Waals surface area contributed by atoms with Crippen LogP contribution in [0.1, 0.15) is 22.3 Å². The highest BCUT2D eigenvalue weighted by atomic mass is 35.5. The average molecular weight is 346 g/mol. The van der Waals surface area contributed by atoms with Crippen molar-refractivity contribution in [1.29, 1.82) is 0 Å². The van der Waals surface area contributed by atoms with Crippen molar-refractivity contribution in [1.82, 2.24) is 0 Å². The lowest BCUT2D eigenvalue weighted by atomic mass is 9.91. The Balaban J connectivity index is 2.96. The molecule has 2 aromatic rings. The van der Waals surface area contributed by atoms with Gasteiger partial charge in [-0.2, -0.15) is 0 Å². The van der Waals surface area contributed by atoms with Crippen LogP contribution in [0.25, 0.3) is 11.1 Å². The molecule has 0 radical (unpaired) electrons. The Morgan fingerprint density at radius 2 is 1.29 bits per heavy atom. The summed E-state index contributed by atoms with van der Waals surface area (Å²) in [5, 5.41) is 21.2. The number of aryl methyl sites for hydroxylation is 1. The van der Waals surface area contributed by atoms with Crippen molar-refractivity contribution in [2.75, 3.05) is 0 Å². The molecule has 0 saturated heterocycles. The third kappa shape index (κ3) is 2.46. The molecule has 0 amide bonds. The standard InChI is InChI=1S/C16H15Cl3O2/c1-6-5-10(20)11(8(3)7(6)2)12-14(18)15(19)13(17)9(4)16(12)21/h5,20-21H,1-4H3. The van der Waals surface area contributed by atoms with E-state index in [1.807, 2.05) is 20.8 Å². The number of aromatic hydroxyl groups is 2. The van der Waals surface area contributed by atoms with Crippen molar-refractivity contribution >= 4 is 34.8 Å². The van der Waals surface area contributed by atoms with E-state index in [1.54, 1.807) is 13.0 Å². The molecule has 0 atom stereocenters. The van der Waals surface area contributed by atoms with Crippen LogP contribution in [0.2, 0.25) is 15.1 Å². The first kappa shape index (κ1) is 16.3. The highest BCUT2D eigenvalue weighted by Crippen LogP contribution is 2.50. The Labute approximate surface area is 138 Å². The Kier molecular flexibility index (Phi) is 4.34. The number of hydrogen-bond donors (Lipinski definition) is 2. The zero-order valence-electron chi connectivity index (χ0n) is 12.1. The minimum absolute atomic E-state index is 0.0468. The van der Waals surface area contributed by atoms with Gasteiger partial charge in [0.25, 0.3) is 0 Å². The summed E-state index contributed by atoms with van der Waals surface area (Å²) in [6.07, 6.45) is 0. The largest absolute Gasteiger partial charge is 0.507 e. The second-order valence-corrected chi connectivity index (χ2v) is 6.26. The van der Waals surface area contributed by atoms with E-state index < -0.39 is 0 Å². The molecule has 0 fully saturated rings. The van der Waals surface area contributed by atoms with Crippen molar-refractivity contribution < 1.29 is 10.2 Å². The van der Waals surface area contributed by atoms with Gasteiger partial charge < -0.3 is 10.2 Å². The molecule has 21 heavy (non-hydrogen) atoms. The normalized spacial score (nSPS) is 11.0. The maximum atomic E-state index is 10.4. The molecule has 0 bridgehead atoms. The summed E-state index contributed by atoms with van der Waals surface area (Å²) < 4.78 is 0. The minimum atomic E-state index is -0.0731. The lowest BCUT2D eigenvalue weighted by Crippen LogP contribution is -1.95. The van der Waals surface area contributed by atoms with Crippen LogP contribution in [0.5, 0.6) is 11.5 Å². The first-order chi connectivity index (χ1) is 9.68. The minimum Gasteiger partial charge on any atom is -0.507 e. The molecule has 0 spiro atoms. The van der Waals surface area contributed by atoms with Crippen LogP contribution >= 0.6 is 34.8 Å². The first-order valence-corrected chi connectivity index (χ1v) is 7.48. The van der Waals surface area contributed by atoms with Gasteiger partial charge in [0.2, 0.25) is 0 Å². The van der Waals surface area contributed by atoms with E-state index in [2.05, 4.69) is 0 Å². The Morgan fingerprint density at radius 3 is 1.86 bits per heavy atom. The quantitative estimate of drug-likeness (QED) is 0.626. The van der Waals surface area contributed by atoms with Gasteiger partial charge in [0.1, 0.15) is 11.5 Å². The van der Waals surface area contributed by atoms with E-state index >= 15 is 0 Å². The van der Waals surface area contributed by atoms with Crippen LogP contribution in [0, 0.1) is 27.7 Å². The molecule has 0 heterocycles. The summed E-state index contributed by atoms with van der Waals surface area (Å²) in [6, 6.07) is 1.64. The molecule has 0 saturated carbocycles. The average Bonchev–Trinajstić information content (AvgIpc) is 2.44. The van der Waals surface area contributed by atoms with Crippen molar-refractivity contribution in [3.63, 3.8) is 0 Å². The van der Waals surface area contributed by atoms with Gasteiger partial charge in [-0.25, -0.2) is 0 Å². The summed E-state index contributed by atoms with van der Waals surface area (Å²) in [6.45, 7) is 7.37. The zero-order valence-corrected chi connectivity index (χ0v) is 14.4. The topological polar surface area (TPSA) is 40.5 Å². The monoisotopic (exact) mass is 344 g/mol.